The smallest absolute Gasteiger partial charge is 0.000858 e. The summed E-state index contributed by atoms with van der Waals surface area (Å²) >= 11 is 0. The monoisotopic (exact) mass is 151 g/mol. The number of allylic oxidation sites excluding steroid dienone is 3. The molecule has 0 aromatic rings. The van der Waals surface area contributed by atoms with Crippen LogP contribution in [-0.2, 0) is 0 Å². The molecule has 1 rings (SSSR count). The molecule has 62 valence electrons. The maximum atomic E-state index is 3.32. The topological polar surface area (TPSA) is 12.0 Å². The molecule has 0 fully saturated rings. The van der Waals surface area contributed by atoms with Gasteiger partial charge in [0.1, 0.15) is 0 Å². The Morgan fingerprint density at radius 1 is 1.45 bits per heavy atom. The number of hydrogen-bond donors (Lipinski definition) is 1. The zero-order valence-electron chi connectivity index (χ0n) is 7.27. The molecule has 0 spiro atoms. The van der Waals surface area contributed by atoms with Crippen molar-refractivity contribution in [1.82, 2.24) is 5.32 Å². The average Bonchev–Trinajstić information content (AvgIpc) is 2.07. The highest BCUT2D eigenvalue weighted by Gasteiger charge is 1.95. The molecular formula is C10H17N. The zero-order valence-corrected chi connectivity index (χ0v) is 7.27. The Kier molecular flexibility index (Phi) is 3.99. The van der Waals surface area contributed by atoms with Gasteiger partial charge in [-0.1, -0.05) is 30.7 Å². The second kappa shape index (κ2) is 5.14. The van der Waals surface area contributed by atoms with E-state index in [0.29, 0.717) is 0 Å². The lowest BCUT2D eigenvalue weighted by atomic mass is 10.0. The molecule has 11 heavy (non-hydrogen) atoms. The lowest BCUT2D eigenvalue weighted by molar-refractivity contribution is 0.715. The standard InChI is InChI=1S/C10H17N/c1-2-11-9-8-10-6-4-3-5-7-10/h4,6-7,11H,2-3,5,8-9H2,1H3. The predicted molar refractivity (Wildman–Crippen MR) is 49.6 cm³/mol. The van der Waals surface area contributed by atoms with E-state index in [1.807, 2.05) is 0 Å². The molecule has 0 bridgehead atoms. The van der Waals surface area contributed by atoms with Crippen molar-refractivity contribution in [3.8, 4) is 0 Å². The predicted octanol–water partition coefficient (Wildman–Crippen LogP) is 2.26. The Balaban J connectivity index is 2.15. The SMILES string of the molecule is CCNCCC1=CCCC=C1. The van der Waals surface area contributed by atoms with Crippen LogP contribution in [0.25, 0.3) is 0 Å². The van der Waals surface area contributed by atoms with E-state index >= 15 is 0 Å². The molecule has 0 aromatic carbocycles. The summed E-state index contributed by atoms with van der Waals surface area (Å²) in [6.45, 7) is 4.34. The second-order valence-corrected chi connectivity index (χ2v) is 2.86. The second-order valence-electron chi connectivity index (χ2n) is 2.86. The first-order valence-corrected chi connectivity index (χ1v) is 4.49. The molecule has 0 saturated heterocycles. The van der Waals surface area contributed by atoms with Crippen molar-refractivity contribution in [2.45, 2.75) is 26.2 Å². The van der Waals surface area contributed by atoms with Gasteiger partial charge in [-0.05, 0) is 32.4 Å². The summed E-state index contributed by atoms with van der Waals surface area (Å²) in [6.07, 6.45) is 10.5. The summed E-state index contributed by atoms with van der Waals surface area (Å²) in [5.41, 5.74) is 1.50. The maximum absolute atomic E-state index is 3.32. The Morgan fingerprint density at radius 3 is 3.00 bits per heavy atom. The largest absolute Gasteiger partial charge is 0.317 e. The third kappa shape index (κ3) is 3.38. The number of nitrogens with one attached hydrogen (secondary N) is 1. The molecule has 1 aliphatic carbocycles. The highest BCUT2D eigenvalue weighted by Crippen LogP contribution is 2.11. The van der Waals surface area contributed by atoms with E-state index in [9.17, 15) is 0 Å². The Hall–Kier alpha value is -0.560. The van der Waals surface area contributed by atoms with Gasteiger partial charge in [-0.25, -0.2) is 0 Å². The fourth-order valence-electron chi connectivity index (χ4n) is 1.26. The molecule has 0 radical (unpaired) electrons. The van der Waals surface area contributed by atoms with Gasteiger partial charge >= 0.3 is 0 Å². The van der Waals surface area contributed by atoms with Crippen molar-refractivity contribution < 1.29 is 0 Å². The van der Waals surface area contributed by atoms with E-state index in [1.165, 1.54) is 24.8 Å². The normalized spacial score (nSPS) is 16.6. The van der Waals surface area contributed by atoms with Crippen molar-refractivity contribution in [1.29, 1.82) is 0 Å². The molecule has 0 aliphatic heterocycles. The molecule has 0 saturated carbocycles. The lowest BCUT2D eigenvalue weighted by Crippen LogP contribution is -2.14. The van der Waals surface area contributed by atoms with Gasteiger partial charge in [-0.15, -0.1) is 0 Å². The summed E-state index contributed by atoms with van der Waals surface area (Å²) in [7, 11) is 0. The number of hydrogen-bond acceptors (Lipinski definition) is 1. The van der Waals surface area contributed by atoms with E-state index in [1.54, 1.807) is 0 Å². The summed E-state index contributed by atoms with van der Waals surface area (Å²) in [5.74, 6) is 0. The van der Waals surface area contributed by atoms with Gasteiger partial charge in [-0.3, -0.25) is 0 Å². The first-order valence-electron chi connectivity index (χ1n) is 4.49. The first-order chi connectivity index (χ1) is 5.43. The summed E-state index contributed by atoms with van der Waals surface area (Å²) in [6, 6.07) is 0. The van der Waals surface area contributed by atoms with Crippen LogP contribution in [0.15, 0.2) is 23.8 Å². The third-order valence-electron chi connectivity index (χ3n) is 1.91. The highest BCUT2D eigenvalue weighted by molar-refractivity contribution is 5.21. The van der Waals surface area contributed by atoms with Gasteiger partial charge < -0.3 is 5.32 Å². The van der Waals surface area contributed by atoms with Gasteiger partial charge in [0.2, 0.25) is 0 Å². The lowest BCUT2D eigenvalue weighted by Gasteiger charge is -2.06. The van der Waals surface area contributed by atoms with Crippen molar-refractivity contribution in [2.24, 2.45) is 0 Å². The van der Waals surface area contributed by atoms with Crippen LogP contribution >= 0.6 is 0 Å². The Bertz CT molecular complexity index is 156. The average molecular weight is 151 g/mol. The van der Waals surface area contributed by atoms with Crippen LogP contribution < -0.4 is 5.32 Å². The molecule has 0 atom stereocenters. The Labute approximate surface area is 69.2 Å². The molecule has 0 unspecified atom stereocenters. The molecule has 0 aromatic heterocycles. The highest BCUT2D eigenvalue weighted by atomic mass is 14.8. The van der Waals surface area contributed by atoms with Crippen molar-refractivity contribution in [3.05, 3.63) is 23.8 Å². The van der Waals surface area contributed by atoms with E-state index in [-0.39, 0.29) is 0 Å². The molecular weight excluding hydrogens is 134 g/mol. The van der Waals surface area contributed by atoms with E-state index < -0.39 is 0 Å². The van der Waals surface area contributed by atoms with Crippen molar-refractivity contribution in [3.63, 3.8) is 0 Å². The van der Waals surface area contributed by atoms with Crippen LogP contribution in [0.5, 0.6) is 0 Å². The van der Waals surface area contributed by atoms with Crippen LogP contribution in [0.3, 0.4) is 0 Å². The van der Waals surface area contributed by atoms with E-state index in [2.05, 4.69) is 30.5 Å². The maximum Gasteiger partial charge on any atom is -0.000858 e. The third-order valence-corrected chi connectivity index (χ3v) is 1.91. The van der Waals surface area contributed by atoms with Crippen LogP contribution in [-0.4, -0.2) is 13.1 Å². The number of rotatable bonds is 4. The van der Waals surface area contributed by atoms with E-state index in [0.717, 1.165) is 13.1 Å². The molecule has 0 amide bonds. The van der Waals surface area contributed by atoms with Crippen LogP contribution in [0.4, 0.5) is 0 Å². The Morgan fingerprint density at radius 2 is 2.36 bits per heavy atom. The van der Waals surface area contributed by atoms with Gasteiger partial charge in [0.15, 0.2) is 0 Å². The van der Waals surface area contributed by atoms with Crippen LogP contribution in [0, 0.1) is 0 Å². The van der Waals surface area contributed by atoms with Gasteiger partial charge in [0.05, 0.1) is 0 Å². The summed E-state index contributed by atoms with van der Waals surface area (Å²) in [4.78, 5) is 0. The minimum atomic E-state index is 1.08. The molecule has 0 heterocycles. The molecule has 1 N–H and O–H groups in total. The van der Waals surface area contributed by atoms with E-state index in [4.69, 9.17) is 0 Å². The molecule has 1 aliphatic rings. The summed E-state index contributed by atoms with van der Waals surface area (Å²) < 4.78 is 0. The minimum Gasteiger partial charge on any atom is -0.317 e. The fourth-order valence-corrected chi connectivity index (χ4v) is 1.26. The van der Waals surface area contributed by atoms with Gasteiger partial charge in [0, 0.05) is 0 Å². The van der Waals surface area contributed by atoms with Crippen LogP contribution in [0.2, 0.25) is 0 Å². The zero-order chi connectivity index (χ0) is 7.94. The minimum absolute atomic E-state index is 1.08. The molecule has 1 nitrogen and oxygen atoms in total. The fraction of sp³-hybridized carbons (Fsp3) is 0.600. The van der Waals surface area contributed by atoms with Gasteiger partial charge in [0.25, 0.3) is 0 Å². The molecule has 1 heteroatoms. The van der Waals surface area contributed by atoms with Crippen molar-refractivity contribution in [2.75, 3.05) is 13.1 Å². The van der Waals surface area contributed by atoms with Crippen LogP contribution in [0.1, 0.15) is 26.2 Å². The summed E-state index contributed by atoms with van der Waals surface area (Å²) in [5, 5.41) is 3.32. The van der Waals surface area contributed by atoms with Crippen molar-refractivity contribution >= 4 is 0 Å². The quantitative estimate of drug-likeness (QED) is 0.608. The van der Waals surface area contributed by atoms with Gasteiger partial charge in [-0.2, -0.15) is 0 Å². The first kappa shape index (κ1) is 8.54.